The highest BCUT2D eigenvalue weighted by atomic mass is 35.5. The van der Waals surface area contributed by atoms with Crippen molar-refractivity contribution in [3.8, 4) is 17.2 Å². The van der Waals surface area contributed by atoms with E-state index >= 15 is 0 Å². The van der Waals surface area contributed by atoms with Gasteiger partial charge in [-0.2, -0.15) is 0 Å². The van der Waals surface area contributed by atoms with E-state index in [1.807, 2.05) is 54.6 Å². The summed E-state index contributed by atoms with van der Waals surface area (Å²) in [4.78, 5) is 82.5. The van der Waals surface area contributed by atoms with E-state index in [0.29, 0.717) is 41.3 Å². The fraction of sp³-hybridized carbons (Fsp3) is 0.506. The second-order valence-electron chi connectivity index (χ2n) is 30.3. The number of carbonyl (C=O) groups is 6. The minimum absolute atomic E-state index is 0.0209. The van der Waals surface area contributed by atoms with Gasteiger partial charge in [-0.15, -0.1) is 0 Å². The number of carbonyl (C=O) groups excluding carboxylic acids is 6. The Kier molecular flexibility index (Phi) is 52.4. The molecule has 3 saturated heterocycles. The molecule has 126 heavy (non-hydrogen) atoms. The van der Waals surface area contributed by atoms with Crippen LogP contribution >= 0.6 is 11.6 Å². The summed E-state index contributed by atoms with van der Waals surface area (Å²) < 4.78 is 37.6. The lowest BCUT2D eigenvalue weighted by Gasteiger charge is -2.39. The first-order chi connectivity index (χ1) is 60.3. The Morgan fingerprint density at radius 3 is 1.10 bits per heavy atom. The predicted molar refractivity (Wildman–Crippen MR) is 470 cm³/mol. The van der Waals surface area contributed by atoms with Gasteiger partial charge in [0.25, 0.3) is 22.7 Å². The molecule has 36 nitrogen and oxygen atoms in total. The summed E-state index contributed by atoms with van der Waals surface area (Å²) in [5.74, 6) is 0.0237. The van der Waals surface area contributed by atoms with E-state index in [2.05, 4.69) is 27.8 Å². The molecule has 0 radical (unpaired) electrons. The Morgan fingerprint density at radius 1 is 0.452 bits per heavy atom. The Morgan fingerprint density at radius 2 is 0.778 bits per heavy atom. The zero-order chi connectivity index (χ0) is 92.9. The number of hydrogen-bond donors (Lipinski definition) is 19. The average Bonchev–Trinajstić information content (AvgIpc) is 0.817. The number of aliphatic hydroxyl groups is 12. The van der Waals surface area contributed by atoms with Crippen LogP contribution in [0, 0.1) is 10.1 Å². The Balaban J connectivity index is 0.000000352. The number of nitrogens with zero attached hydrogens (tertiary/aromatic N) is 2. The molecule has 0 aromatic heterocycles. The van der Waals surface area contributed by atoms with Gasteiger partial charge in [0.2, 0.25) is 30.7 Å². The van der Waals surface area contributed by atoms with Crippen LogP contribution in [0.4, 0.5) is 21.9 Å². The molecular formula is C89H128ClN9O27. The summed E-state index contributed by atoms with van der Waals surface area (Å²) in [6.07, 6.45) is -3.68. The van der Waals surface area contributed by atoms with Crippen molar-refractivity contribution in [2.45, 2.75) is 221 Å². The maximum absolute atomic E-state index is 12.9. The number of hydrogen-bond acceptors (Lipinski definition) is 30. The third kappa shape index (κ3) is 41.3. The van der Waals surface area contributed by atoms with Crippen molar-refractivity contribution >= 4 is 63.6 Å². The summed E-state index contributed by atoms with van der Waals surface area (Å²) in [6.45, 7) is 11.5. The van der Waals surface area contributed by atoms with Gasteiger partial charge in [-0.25, -0.2) is 4.79 Å². The van der Waals surface area contributed by atoms with Crippen molar-refractivity contribution in [3.05, 3.63) is 203 Å². The molecule has 9 rings (SSSR count). The number of nitrogens with one attached hydrogen (secondary N) is 4. The van der Waals surface area contributed by atoms with Crippen molar-refractivity contribution in [3.63, 3.8) is 0 Å². The van der Waals surface area contributed by atoms with Crippen LogP contribution in [0.2, 0.25) is 0 Å². The first-order valence-corrected chi connectivity index (χ1v) is 42.3. The maximum atomic E-state index is 12.9. The first-order valence-electron chi connectivity index (χ1n) is 41.9. The number of amides is 5. The molecule has 0 spiro atoms. The molecule has 22 N–H and O–H groups in total. The van der Waals surface area contributed by atoms with Crippen molar-refractivity contribution in [1.29, 1.82) is 0 Å². The minimum atomic E-state index is -1.56. The fourth-order valence-electron chi connectivity index (χ4n) is 12.0. The van der Waals surface area contributed by atoms with E-state index < -0.39 is 134 Å². The highest BCUT2D eigenvalue weighted by Gasteiger charge is 2.47. The van der Waals surface area contributed by atoms with Gasteiger partial charge in [0.15, 0.2) is 0 Å². The SMILES string of the molecule is C=CC(=O)Nc1ccc(O[C@H]2O[C@H](CO)[C@@H](O)[C@H](O)[C@H]2O)cc1.CC(C)(C)OC(=O)N(CCCCCCCNC(=O)c1ccccc1)CCC(=O)Nc1ccc(O[C@H]2O[C@H](CO)[C@@H](O)[C@H](O)[C@H]2O)cc1.NCCCCCCCN.NCCCCCCCNC(=O)c1ccccc1.O=C(Cl)c1ccccc1.O=[N+]([O-])c1ccc(O[C@H]2O[C@H](CO)[C@@H](O)[C@H](O)[C@H]2O)cc1. The summed E-state index contributed by atoms with van der Waals surface area (Å²) in [6, 6.07) is 44.6. The normalized spacial score (nSPS) is 21.6. The van der Waals surface area contributed by atoms with Crippen molar-refractivity contribution < 1.29 is 128 Å². The number of nitro groups is 1. The molecule has 698 valence electrons. The summed E-state index contributed by atoms with van der Waals surface area (Å²) >= 11 is 5.16. The predicted octanol–water partition coefficient (Wildman–Crippen LogP) is 5.82. The molecule has 0 unspecified atom stereocenters. The lowest BCUT2D eigenvalue weighted by molar-refractivity contribution is -0.384. The Bertz CT molecular complexity index is 4030. The molecule has 3 fully saturated rings. The molecule has 3 aliphatic heterocycles. The molecule has 3 aliphatic rings. The maximum Gasteiger partial charge on any atom is 0.410 e. The van der Waals surface area contributed by atoms with Crippen LogP contribution in [0.25, 0.3) is 0 Å². The van der Waals surface area contributed by atoms with E-state index in [-0.39, 0.29) is 53.8 Å². The van der Waals surface area contributed by atoms with Crippen LogP contribution in [0.1, 0.15) is 155 Å². The third-order valence-corrected chi connectivity index (χ3v) is 19.3. The van der Waals surface area contributed by atoms with Gasteiger partial charge in [-0.3, -0.25) is 34.1 Å². The van der Waals surface area contributed by atoms with E-state index in [9.17, 15) is 89.9 Å². The second-order valence-corrected chi connectivity index (χ2v) is 30.6. The van der Waals surface area contributed by atoms with Crippen LogP contribution in [0.3, 0.4) is 0 Å². The molecule has 6 aromatic rings. The standard InChI is InChI=1S/C34H49N3O10.C15H19NO7.C14H22N2O.C12H15NO8.C7H5ClO.C7H18N2/c1-34(2,3)47-33(44)37(20-11-6-4-5-10-19-35-31(43)23-12-8-7-9-13-23)21-18-27(39)36-24-14-16-25(17-15-24)45-32-30(42)29(41)28(40)26(22-38)46-32;1-2-11(18)16-8-3-5-9(6-4-8)22-15-14(21)13(20)12(19)10(7-17)23-15;15-11-7-2-1-3-8-12-16-14(17)13-9-5-4-6-10-13;14-5-8-9(15)10(16)11(17)12(21-8)20-7-3-1-6(2-4-7)13(18)19;8-7(9)6-4-2-1-3-5-6;8-6-4-2-1-3-5-7-9/h7-9,12-17,26,28-30,32,38,40-42H,4-6,10-11,18-22H2,1-3H3,(H,35,43)(H,36,39);2-6,10,12-15,17,19-21H,1,7H2,(H,16,18);4-6,9-10H,1-3,7-8,11-12,15H2,(H,16,17);1-4,8-12,14-17H,5H2;1-5H;1-9H2/t26-,28-,29+,30-,32+;10-,12-,13+,14-,15+;;8-,9-,10+,11-,12+;;/m11.1../s1. The summed E-state index contributed by atoms with van der Waals surface area (Å²) in [5, 5.41) is 137. The number of nitro benzene ring substituents is 1. The molecule has 5 amide bonds. The van der Waals surface area contributed by atoms with Gasteiger partial charge >= 0.3 is 6.09 Å². The summed E-state index contributed by atoms with van der Waals surface area (Å²) in [5.41, 5.74) is 18.2. The van der Waals surface area contributed by atoms with Gasteiger partial charge in [-0.05, 0) is 182 Å². The molecular weight excluding hydrogens is 1660 g/mol. The van der Waals surface area contributed by atoms with Gasteiger partial charge < -0.3 is 138 Å². The topological polar surface area (TPSA) is 582 Å². The highest BCUT2D eigenvalue weighted by molar-refractivity contribution is 6.67. The van der Waals surface area contributed by atoms with Crippen molar-refractivity contribution in [2.24, 2.45) is 17.2 Å². The van der Waals surface area contributed by atoms with Gasteiger partial charge in [0.1, 0.15) is 96.1 Å². The number of non-ortho nitro benzene ring substituents is 1. The van der Waals surface area contributed by atoms with E-state index in [0.717, 1.165) is 89.2 Å². The molecule has 0 aliphatic carbocycles. The minimum Gasteiger partial charge on any atom is -0.462 e. The molecule has 37 heteroatoms. The lowest BCUT2D eigenvalue weighted by atomic mass is 9.99. The van der Waals surface area contributed by atoms with Crippen LogP contribution in [-0.2, 0) is 28.5 Å². The van der Waals surface area contributed by atoms with Gasteiger partial charge in [0, 0.05) is 72.8 Å². The van der Waals surface area contributed by atoms with Gasteiger partial charge in [0.05, 0.1) is 24.7 Å². The number of benzene rings is 6. The monoisotopic (exact) mass is 1790 g/mol. The highest BCUT2D eigenvalue weighted by Crippen LogP contribution is 2.30. The first kappa shape index (κ1) is 109. The van der Waals surface area contributed by atoms with Crippen molar-refractivity contribution in [2.75, 3.05) is 76.3 Å². The quantitative estimate of drug-likeness (QED) is 0.00708. The molecule has 15 atom stereocenters. The zero-order valence-corrected chi connectivity index (χ0v) is 72.2. The largest absolute Gasteiger partial charge is 0.462 e. The Hall–Kier alpha value is -9.75. The van der Waals surface area contributed by atoms with Crippen LogP contribution < -0.4 is 52.7 Å². The average molecular weight is 1790 g/mol. The number of aliphatic hydroxyl groups excluding tert-OH is 12. The molecule has 6 aromatic carbocycles. The number of rotatable bonds is 40. The van der Waals surface area contributed by atoms with E-state index in [1.165, 1.54) is 93.5 Å². The molecule has 0 bridgehead atoms. The van der Waals surface area contributed by atoms with Crippen LogP contribution in [-0.4, -0.2) is 269 Å². The fourth-order valence-corrected chi connectivity index (χ4v) is 12.1. The van der Waals surface area contributed by atoms with E-state index in [4.69, 9.17) is 72.2 Å². The third-order valence-electron chi connectivity index (χ3n) is 19.1. The number of halogens is 1. The van der Waals surface area contributed by atoms with Gasteiger partial charge in [-0.1, -0.05) is 131 Å². The zero-order valence-electron chi connectivity index (χ0n) is 71.4. The summed E-state index contributed by atoms with van der Waals surface area (Å²) in [7, 11) is 0. The van der Waals surface area contributed by atoms with Crippen LogP contribution in [0.15, 0.2) is 176 Å². The van der Waals surface area contributed by atoms with E-state index in [1.54, 1.807) is 86.3 Å². The number of ether oxygens (including phenoxy) is 7. The Labute approximate surface area is 739 Å². The smallest absolute Gasteiger partial charge is 0.410 e. The second kappa shape index (κ2) is 60.8. The number of nitrogens with two attached hydrogens (primary N) is 3. The molecule has 3 heterocycles. The molecule has 0 saturated carbocycles. The number of anilines is 2. The number of unbranched alkanes of at least 4 members (excludes halogenated alkanes) is 12. The van der Waals surface area contributed by atoms with Crippen molar-refractivity contribution in [1.82, 2.24) is 15.5 Å². The van der Waals surface area contributed by atoms with Crippen LogP contribution in [0.5, 0.6) is 17.2 Å². The lowest BCUT2D eigenvalue weighted by Crippen LogP contribution is -2.60.